The van der Waals surface area contributed by atoms with E-state index in [-0.39, 0.29) is 5.41 Å². The van der Waals surface area contributed by atoms with Crippen LogP contribution >= 0.6 is 0 Å². The van der Waals surface area contributed by atoms with Gasteiger partial charge in [-0.2, -0.15) is 0 Å². The number of nitrogens with one attached hydrogen (secondary N) is 1. The molecule has 3 heterocycles. The Hall–Kier alpha value is -2.28. The molecule has 30 heavy (non-hydrogen) atoms. The summed E-state index contributed by atoms with van der Waals surface area (Å²) in [6.07, 6.45) is 3.41. The Morgan fingerprint density at radius 3 is 2.70 bits per heavy atom. The van der Waals surface area contributed by atoms with Crippen molar-refractivity contribution in [1.29, 1.82) is 0 Å². The van der Waals surface area contributed by atoms with E-state index in [1.54, 1.807) is 0 Å². The van der Waals surface area contributed by atoms with Gasteiger partial charge in [0.25, 0.3) is 0 Å². The van der Waals surface area contributed by atoms with Gasteiger partial charge in [0.2, 0.25) is 5.91 Å². The lowest BCUT2D eigenvalue weighted by atomic mass is 9.94. The van der Waals surface area contributed by atoms with Crippen molar-refractivity contribution in [1.82, 2.24) is 4.90 Å². The summed E-state index contributed by atoms with van der Waals surface area (Å²) < 4.78 is 10.6. The van der Waals surface area contributed by atoms with E-state index in [4.69, 9.17) is 9.47 Å². The Labute approximate surface area is 177 Å². The van der Waals surface area contributed by atoms with Crippen LogP contribution in [0.2, 0.25) is 0 Å². The van der Waals surface area contributed by atoms with Crippen LogP contribution in [0.25, 0.3) is 0 Å². The van der Waals surface area contributed by atoms with Crippen molar-refractivity contribution in [3.05, 3.63) is 24.3 Å². The second kappa shape index (κ2) is 7.76. The molecule has 1 aromatic rings. The van der Waals surface area contributed by atoms with Crippen molar-refractivity contribution in [2.24, 2.45) is 17.3 Å². The number of fused-ring (bicyclic) bond motifs is 1. The first-order chi connectivity index (χ1) is 14.6. The van der Waals surface area contributed by atoms with Crippen LogP contribution in [0.5, 0.6) is 0 Å². The topological polar surface area (TPSA) is 71.1 Å². The Bertz CT molecular complexity index is 807. The summed E-state index contributed by atoms with van der Waals surface area (Å²) in [7, 11) is 0. The highest BCUT2D eigenvalue weighted by Crippen LogP contribution is 2.68. The highest BCUT2D eigenvalue weighted by Gasteiger charge is 2.75. The minimum absolute atomic E-state index is 0.169. The monoisotopic (exact) mass is 413 g/mol. The molecule has 162 valence electrons. The fourth-order valence-corrected chi connectivity index (χ4v) is 5.86. The van der Waals surface area contributed by atoms with Gasteiger partial charge in [-0.25, -0.2) is 4.79 Å². The molecule has 3 aliphatic heterocycles. The third-order valence-corrected chi connectivity index (χ3v) is 7.46. The molecule has 3 atom stereocenters. The molecule has 2 unspecified atom stereocenters. The van der Waals surface area contributed by atoms with Gasteiger partial charge in [0.05, 0.1) is 12.0 Å². The van der Waals surface area contributed by atoms with Crippen LogP contribution in [0.3, 0.4) is 0 Å². The maximum atomic E-state index is 13.4. The third kappa shape index (κ3) is 3.23. The average Bonchev–Trinajstić information content (AvgIpc) is 3.35. The molecule has 1 aliphatic carbocycles. The lowest BCUT2D eigenvalue weighted by molar-refractivity contribution is -0.138. The van der Waals surface area contributed by atoms with Crippen LogP contribution in [0.4, 0.5) is 16.2 Å². The number of hydrogen-bond acceptors (Lipinski definition) is 5. The van der Waals surface area contributed by atoms with Crippen molar-refractivity contribution in [3.8, 4) is 0 Å². The quantitative estimate of drug-likeness (QED) is 0.803. The van der Waals surface area contributed by atoms with Gasteiger partial charge in [0, 0.05) is 50.3 Å². The summed E-state index contributed by atoms with van der Waals surface area (Å²) in [5, 5.41) is 2.76. The Morgan fingerprint density at radius 2 is 1.97 bits per heavy atom. The Kier molecular flexibility index (Phi) is 5.09. The van der Waals surface area contributed by atoms with E-state index < -0.39 is 6.09 Å². The maximum Gasteiger partial charge on any atom is 0.411 e. The smallest absolute Gasteiger partial charge is 0.411 e. The van der Waals surface area contributed by atoms with Crippen molar-refractivity contribution in [2.75, 3.05) is 49.7 Å². The number of nitrogens with zero attached hydrogens (tertiary/aromatic N) is 2. The minimum Gasteiger partial charge on any atom is -0.449 e. The van der Waals surface area contributed by atoms with Gasteiger partial charge in [0.15, 0.2) is 0 Å². The van der Waals surface area contributed by atoms with Gasteiger partial charge in [-0.15, -0.1) is 0 Å². The van der Waals surface area contributed by atoms with Crippen molar-refractivity contribution in [3.63, 3.8) is 0 Å². The van der Waals surface area contributed by atoms with Gasteiger partial charge in [-0.1, -0.05) is 6.92 Å². The number of benzene rings is 1. The summed E-state index contributed by atoms with van der Waals surface area (Å²) in [6.45, 7) is 6.66. The zero-order valence-electron chi connectivity index (χ0n) is 17.6. The number of ether oxygens (including phenoxy) is 2. The largest absolute Gasteiger partial charge is 0.449 e. The van der Waals surface area contributed by atoms with Crippen LogP contribution in [0.1, 0.15) is 32.6 Å². The molecular weight excluding hydrogens is 382 g/mol. The van der Waals surface area contributed by atoms with Gasteiger partial charge in [-0.05, 0) is 61.8 Å². The number of hydrogen-bond donors (Lipinski definition) is 1. The van der Waals surface area contributed by atoms with Crippen LogP contribution in [0.15, 0.2) is 24.3 Å². The number of anilines is 2. The summed E-state index contributed by atoms with van der Waals surface area (Å²) >= 11 is 0. The predicted octanol–water partition coefficient (Wildman–Crippen LogP) is 3.11. The highest BCUT2D eigenvalue weighted by molar-refractivity contribution is 5.91. The standard InChI is InChI=1S/C23H31N3O4/c1-2-11-30-22(28)24-16-3-5-17(6-4-16)25-10-7-19-20-14-26(18-8-12-29-13-9-18)21(27)23(19,20)15-25/h3-6,18-20H,2,7-15H2,1H3,(H,24,28)/t19?,20?,23-/m1/s1. The molecule has 0 radical (unpaired) electrons. The van der Waals surface area contributed by atoms with E-state index in [1.165, 1.54) is 0 Å². The van der Waals surface area contributed by atoms with Crippen molar-refractivity contribution in [2.45, 2.75) is 38.6 Å². The summed E-state index contributed by atoms with van der Waals surface area (Å²) in [5.41, 5.74) is 1.66. The zero-order valence-corrected chi connectivity index (χ0v) is 17.6. The third-order valence-electron chi connectivity index (χ3n) is 7.46. The molecule has 1 spiro atoms. The average molecular weight is 414 g/mol. The van der Waals surface area contributed by atoms with E-state index in [0.29, 0.717) is 30.4 Å². The maximum absolute atomic E-state index is 13.4. The predicted molar refractivity (Wildman–Crippen MR) is 114 cm³/mol. The number of amides is 2. The molecule has 7 nitrogen and oxygen atoms in total. The van der Waals surface area contributed by atoms with Crippen molar-refractivity contribution < 1.29 is 19.1 Å². The van der Waals surface area contributed by atoms with Crippen LogP contribution in [-0.4, -0.2) is 62.4 Å². The van der Waals surface area contributed by atoms with Crippen molar-refractivity contribution >= 4 is 23.4 Å². The minimum atomic E-state index is -0.421. The molecule has 1 N–H and O–H groups in total. The lowest BCUT2D eigenvalue weighted by Gasteiger charge is -2.38. The van der Waals surface area contributed by atoms with Gasteiger partial charge in [-0.3, -0.25) is 10.1 Å². The molecule has 1 aromatic carbocycles. The summed E-state index contributed by atoms with van der Waals surface area (Å²) in [6, 6.07) is 8.23. The van der Waals surface area contributed by atoms with Gasteiger partial charge >= 0.3 is 6.09 Å². The molecular formula is C23H31N3O4. The molecule has 4 fully saturated rings. The number of carbonyl (C=O) groups excluding carboxylic acids is 2. The molecule has 1 saturated carbocycles. The molecule has 0 aromatic heterocycles. The first-order valence-electron chi connectivity index (χ1n) is 11.3. The molecule has 5 rings (SSSR count). The van der Waals surface area contributed by atoms with Gasteiger partial charge in [0.1, 0.15) is 0 Å². The first-order valence-corrected chi connectivity index (χ1v) is 11.3. The Balaban J connectivity index is 1.23. The van der Waals surface area contributed by atoms with Crippen LogP contribution < -0.4 is 10.2 Å². The SMILES string of the molecule is CCCOC(=O)Nc1ccc(N2CCC3C4CN(C5CCOCC5)C(=O)[C@]34C2)cc1. The highest BCUT2D eigenvalue weighted by atomic mass is 16.5. The first kappa shape index (κ1) is 19.7. The molecule has 0 bridgehead atoms. The molecule has 7 heteroatoms. The number of likely N-dealkylation sites (tertiary alicyclic amines) is 1. The number of carbonyl (C=O) groups is 2. The van der Waals surface area contributed by atoms with E-state index >= 15 is 0 Å². The van der Waals surface area contributed by atoms with Crippen LogP contribution in [0, 0.1) is 17.3 Å². The van der Waals surface area contributed by atoms with Gasteiger partial charge < -0.3 is 19.3 Å². The fourth-order valence-electron chi connectivity index (χ4n) is 5.86. The van der Waals surface area contributed by atoms with Crippen LogP contribution in [-0.2, 0) is 14.3 Å². The zero-order chi connectivity index (χ0) is 20.7. The number of piperidine rings is 2. The summed E-state index contributed by atoms with van der Waals surface area (Å²) in [5.74, 6) is 1.46. The molecule has 4 aliphatic rings. The second-order valence-electron chi connectivity index (χ2n) is 9.07. The van der Waals surface area contributed by atoms with E-state index in [2.05, 4.69) is 15.1 Å². The second-order valence-corrected chi connectivity index (χ2v) is 9.07. The normalized spacial score (nSPS) is 30.6. The molecule has 3 saturated heterocycles. The van der Waals surface area contributed by atoms with E-state index in [9.17, 15) is 9.59 Å². The Morgan fingerprint density at radius 1 is 1.20 bits per heavy atom. The van der Waals surface area contributed by atoms with E-state index in [0.717, 1.165) is 69.9 Å². The summed E-state index contributed by atoms with van der Waals surface area (Å²) in [4.78, 5) is 29.7. The fraction of sp³-hybridized carbons (Fsp3) is 0.652. The number of rotatable bonds is 5. The lowest BCUT2D eigenvalue weighted by Crippen LogP contribution is -2.48. The van der Waals surface area contributed by atoms with E-state index in [1.807, 2.05) is 31.2 Å². The molecule has 2 amide bonds.